The largest absolute Gasteiger partial charge is 0.497 e. The molecule has 0 aliphatic carbocycles. The van der Waals surface area contributed by atoms with E-state index in [4.69, 9.17) is 23.9 Å². The average molecular weight is 570 g/mol. The molecule has 2 N–H and O–H groups in total. The van der Waals surface area contributed by atoms with E-state index in [9.17, 15) is 0 Å². The molecule has 33 heavy (non-hydrogen) atoms. The number of aliphatic imine (C=N–C) groups is 1. The SMILES string of the molecule is CCNC(=NCc1cccc(OC)c1OC)NC1CCN(c2cc(OC)cc(OC)c2)C1.I. The van der Waals surface area contributed by atoms with Gasteiger partial charge in [0.2, 0.25) is 0 Å². The van der Waals surface area contributed by atoms with Crippen LogP contribution < -0.4 is 34.5 Å². The first-order valence-corrected chi connectivity index (χ1v) is 10.8. The van der Waals surface area contributed by atoms with Crippen LogP contribution in [-0.4, -0.2) is 60.1 Å². The molecule has 1 heterocycles. The van der Waals surface area contributed by atoms with E-state index in [1.54, 1.807) is 28.4 Å². The summed E-state index contributed by atoms with van der Waals surface area (Å²) in [7, 11) is 6.63. The van der Waals surface area contributed by atoms with Crippen molar-refractivity contribution >= 4 is 35.6 Å². The Morgan fingerprint density at radius 1 is 1.03 bits per heavy atom. The number of ether oxygens (including phenoxy) is 4. The van der Waals surface area contributed by atoms with E-state index in [1.807, 2.05) is 36.4 Å². The molecule has 3 rings (SSSR count). The number of hydrogen-bond donors (Lipinski definition) is 2. The number of rotatable bonds is 9. The average Bonchev–Trinajstić information content (AvgIpc) is 3.30. The molecule has 0 saturated carbocycles. The zero-order valence-electron chi connectivity index (χ0n) is 20.0. The van der Waals surface area contributed by atoms with Gasteiger partial charge in [-0.05, 0) is 19.4 Å². The standard InChI is InChI=1S/C24H34N4O4.HI/c1-6-25-24(26-15-17-8-7-9-22(31-4)23(17)32-5)27-18-10-11-28(16-18)19-12-20(29-2)14-21(13-19)30-3;/h7-9,12-14,18H,6,10-11,15-16H2,1-5H3,(H2,25,26,27);1H. The topological polar surface area (TPSA) is 76.6 Å². The Balaban J connectivity index is 0.00000385. The lowest BCUT2D eigenvalue weighted by molar-refractivity contribution is 0.352. The lowest BCUT2D eigenvalue weighted by Crippen LogP contribution is -2.44. The maximum Gasteiger partial charge on any atom is 0.191 e. The Bertz CT molecular complexity index is 903. The van der Waals surface area contributed by atoms with E-state index in [0.717, 1.165) is 54.8 Å². The van der Waals surface area contributed by atoms with Crippen LogP contribution in [0.25, 0.3) is 0 Å². The van der Waals surface area contributed by atoms with Crippen molar-refractivity contribution in [3.8, 4) is 23.0 Å². The quantitative estimate of drug-likeness (QED) is 0.271. The van der Waals surface area contributed by atoms with Crippen molar-refractivity contribution in [1.29, 1.82) is 0 Å². The lowest BCUT2D eigenvalue weighted by Gasteiger charge is -2.21. The Morgan fingerprint density at radius 3 is 2.36 bits per heavy atom. The van der Waals surface area contributed by atoms with Crippen LogP contribution in [0.4, 0.5) is 5.69 Å². The Hall–Kier alpha value is -2.56. The Labute approximate surface area is 213 Å². The van der Waals surface area contributed by atoms with Gasteiger partial charge < -0.3 is 34.5 Å². The minimum Gasteiger partial charge on any atom is -0.497 e. The maximum absolute atomic E-state index is 5.53. The fourth-order valence-electron chi connectivity index (χ4n) is 3.84. The number of anilines is 1. The molecule has 0 aromatic heterocycles. The van der Waals surface area contributed by atoms with Crippen LogP contribution >= 0.6 is 24.0 Å². The number of halogens is 1. The van der Waals surface area contributed by atoms with Crippen molar-refractivity contribution < 1.29 is 18.9 Å². The second-order valence-corrected chi connectivity index (χ2v) is 7.49. The summed E-state index contributed by atoms with van der Waals surface area (Å²) in [5, 5.41) is 6.92. The molecule has 0 radical (unpaired) electrons. The van der Waals surface area contributed by atoms with Crippen molar-refractivity contribution in [3.63, 3.8) is 0 Å². The van der Waals surface area contributed by atoms with Gasteiger partial charge in [0.15, 0.2) is 17.5 Å². The molecular weight excluding hydrogens is 535 g/mol. The molecule has 2 aromatic rings. The number of nitrogens with zero attached hydrogens (tertiary/aromatic N) is 2. The molecule has 1 atom stereocenters. The van der Waals surface area contributed by atoms with E-state index >= 15 is 0 Å². The van der Waals surface area contributed by atoms with E-state index in [-0.39, 0.29) is 30.0 Å². The smallest absolute Gasteiger partial charge is 0.191 e. The third kappa shape index (κ3) is 6.96. The van der Waals surface area contributed by atoms with Gasteiger partial charge >= 0.3 is 0 Å². The highest BCUT2D eigenvalue weighted by atomic mass is 127. The Morgan fingerprint density at radius 2 is 1.76 bits per heavy atom. The van der Waals surface area contributed by atoms with E-state index in [2.05, 4.69) is 22.5 Å². The molecule has 1 aliphatic rings. The molecule has 9 heteroatoms. The van der Waals surface area contributed by atoms with Crippen molar-refractivity contribution in [2.24, 2.45) is 4.99 Å². The summed E-state index contributed by atoms with van der Waals surface area (Å²) in [6, 6.07) is 12.1. The summed E-state index contributed by atoms with van der Waals surface area (Å²) in [6.45, 7) is 5.14. The molecule has 8 nitrogen and oxygen atoms in total. The van der Waals surface area contributed by atoms with Gasteiger partial charge in [0, 0.05) is 55.1 Å². The lowest BCUT2D eigenvalue weighted by atomic mass is 10.2. The van der Waals surface area contributed by atoms with Crippen LogP contribution in [0.2, 0.25) is 0 Å². The van der Waals surface area contributed by atoms with Gasteiger partial charge in [-0.3, -0.25) is 0 Å². The highest BCUT2D eigenvalue weighted by Gasteiger charge is 2.24. The molecule has 1 unspecified atom stereocenters. The van der Waals surface area contributed by atoms with Crippen LogP contribution in [0, 0.1) is 0 Å². The molecule has 1 saturated heterocycles. The number of nitrogens with one attached hydrogen (secondary N) is 2. The van der Waals surface area contributed by atoms with Crippen molar-refractivity contribution in [3.05, 3.63) is 42.0 Å². The fourth-order valence-corrected chi connectivity index (χ4v) is 3.84. The van der Waals surface area contributed by atoms with Crippen LogP contribution in [-0.2, 0) is 6.54 Å². The molecule has 1 fully saturated rings. The zero-order valence-corrected chi connectivity index (χ0v) is 22.3. The van der Waals surface area contributed by atoms with Crippen LogP contribution in [0.5, 0.6) is 23.0 Å². The minimum atomic E-state index is 0. The van der Waals surface area contributed by atoms with Crippen LogP contribution in [0.1, 0.15) is 18.9 Å². The predicted molar refractivity (Wildman–Crippen MR) is 143 cm³/mol. The van der Waals surface area contributed by atoms with Gasteiger partial charge in [0.05, 0.1) is 35.0 Å². The normalized spacial score (nSPS) is 15.5. The monoisotopic (exact) mass is 570 g/mol. The molecule has 0 amide bonds. The highest BCUT2D eigenvalue weighted by molar-refractivity contribution is 14.0. The Kier molecular flexibility index (Phi) is 10.7. The number of hydrogen-bond acceptors (Lipinski definition) is 6. The van der Waals surface area contributed by atoms with Crippen molar-refractivity contribution in [2.45, 2.75) is 25.9 Å². The first kappa shape index (κ1) is 26.7. The fraction of sp³-hybridized carbons (Fsp3) is 0.458. The molecule has 0 bridgehead atoms. The zero-order chi connectivity index (χ0) is 22.9. The highest BCUT2D eigenvalue weighted by Crippen LogP contribution is 2.32. The molecule has 182 valence electrons. The number of para-hydroxylation sites is 1. The third-order valence-corrected chi connectivity index (χ3v) is 5.47. The molecule has 0 spiro atoms. The number of methoxy groups -OCH3 is 4. The number of guanidine groups is 1. The van der Waals surface area contributed by atoms with Gasteiger partial charge in [-0.2, -0.15) is 0 Å². The van der Waals surface area contributed by atoms with Crippen molar-refractivity contribution in [2.75, 3.05) is 53.0 Å². The van der Waals surface area contributed by atoms with Gasteiger partial charge in [0.25, 0.3) is 0 Å². The number of benzene rings is 2. The summed E-state index contributed by atoms with van der Waals surface area (Å²) in [4.78, 5) is 7.11. The summed E-state index contributed by atoms with van der Waals surface area (Å²) < 4.78 is 21.8. The minimum absolute atomic E-state index is 0. The van der Waals surface area contributed by atoms with E-state index in [0.29, 0.717) is 18.0 Å². The van der Waals surface area contributed by atoms with Crippen LogP contribution in [0.15, 0.2) is 41.4 Å². The summed E-state index contributed by atoms with van der Waals surface area (Å²) in [5.74, 6) is 3.79. The maximum atomic E-state index is 5.53. The van der Waals surface area contributed by atoms with E-state index in [1.165, 1.54) is 0 Å². The van der Waals surface area contributed by atoms with E-state index < -0.39 is 0 Å². The van der Waals surface area contributed by atoms with Crippen molar-refractivity contribution in [1.82, 2.24) is 10.6 Å². The first-order chi connectivity index (χ1) is 15.6. The second-order valence-electron chi connectivity index (χ2n) is 7.49. The van der Waals surface area contributed by atoms with Gasteiger partial charge in [-0.25, -0.2) is 4.99 Å². The van der Waals surface area contributed by atoms with Gasteiger partial charge in [0.1, 0.15) is 11.5 Å². The predicted octanol–water partition coefficient (Wildman–Crippen LogP) is 3.67. The first-order valence-electron chi connectivity index (χ1n) is 10.8. The summed E-state index contributed by atoms with van der Waals surface area (Å²) >= 11 is 0. The summed E-state index contributed by atoms with van der Waals surface area (Å²) in [5.41, 5.74) is 2.06. The summed E-state index contributed by atoms with van der Waals surface area (Å²) in [6.07, 6.45) is 1.01. The van der Waals surface area contributed by atoms with Gasteiger partial charge in [-0.1, -0.05) is 12.1 Å². The molecule has 1 aliphatic heterocycles. The van der Waals surface area contributed by atoms with Crippen LogP contribution in [0.3, 0.4) is 0 Å². The molecular formula is C24H35IN4O4. The molecule has 2 aromatic carbocycles. The third-order valence-electron chi connectivity index (χ3n) is 5.47. The second kappa shape index (κ2) is 13.2. The van der Waals surface area contributed by atoms with Gasteiger partial charge in [-0.15, -0.1) is 24.0 Å².